The van der Waals surface area contributed by atoms with E-state index in [2.05, 4.69) is 15.1 Å². The summed E-state index contributed by atoms with van der Waals surface area (Å²) in [5, 5.41) is 6.57. The summed E-state index contributed by atoms with van der Waals surface area (Å²) in [6, 6.07) is 5.34. The second kappa shape index (κ2) is 2.97. The smallest absolute Gasteiger partial charge is 0.267 e. The summed E-state index contributed by atoms with van der Waals surface area (Å²) in [6.45, 7) is 0. The van der Waals surface area contributed by atoms with Crippen molar-refractivity contribution in [1.82, 2.24) is 4.98 Å². The molecule has 0 spiro atoms. The summed E-state index contributed by atoms with van der Waals surface area (Å²) in [4.78, 5) is 3.83. The van der Waals surface area contributed by atoms with Gasteiger partial charge in [-0.1, -0.05) is 6.07 Å². The van der Waals surface area contributed by atoms with Crippen LogP contribution >= 0.6 is 0 Å². The Morgan fingerprint density at radius 1 is 1.44 bits per heavy atom. The molecule has 1 aromatic heterocycles. The van der Waals surface area contributed by atoms with Crippen LogP contribution in [0.25, 0.3) is 0 Å². The molecule has 9 heavy (non-hydrogen) atoms. The van der Waals surface area contributed by atoms with E-state index in [1.165, 1.54) is 0 Å². The Balaban J connectivity index is 2.85. The topological polar surface area (TPSA) is 37.6 Å². The second-order valence-corrected chi connectivity index (χ2v) is 1.40. The standard InChI is InChI=1S/C5H4BN3/c6-9-8-5-3-1-2-4-7-5/h1-4H/b9-8+. The Kier molecular flexibility index (Phi) is 1.96. The highest BCUT2D eigenvalue weighted by molar-refractivity contribution is 6.04. The van der Waals surface area contributed by atoms with Crippen LogP contribution in [0.5, 0.6) is 0 Å². The Morgan fingerprint density at radius 3 is 2.89 bits per heavy atom. The van der Waals surface area contributed by atoms with Crippen LogP contribution < -0.4 is 0 Å². The average Bonchev–Trinajstić information content (AvgIpc) is 1.91. The number of pyridine rings is 1. The lowest BCUT2D eigenvalue weighted by molar-refractivity contribution is 1.20. The van der Waals surface area contributed by atoms with E-state index in [0.717, 1.165) is 0 Å². The van der Waals surface area contributed by atoms with Gasteiger partial charge in [0.1, 0.15) is 0 Å². The zero-order valence-corrected chi connectivity index (χ0v) is 4.73. The summed E-state index contributed by atoms with van der Waals surface area (Å²) in [6.07, 6.45) is 1.63. The van der Waals surface area contributed by atoms with Gasteiger partial charge in [-0.2, -0.15) is 5.11 Å². The van der Waals surface area contributed by atoms with Crippen molar-refractivity contribution >= 4 is 13.8 Å². The molecule has 0 atom stereocenters. The first-order chi connectivity index (χ1) is 4.43. The van der Waals surface area contributed by atoms with E-state index in [4.69, 9.17) is 7.98 Å². The summed E-state index contributed by atoms with van der Waals surface area (Å²) in [5.41, 5.74) is 0. The Morgan fingerprint density at radius 2 is 2.33 bits per heavy atom. The van der Waals surface area contributed by atoms with Gasteiger partial charge in [-0.25, -0.2) is 4.98 Å². The van der Waals surface area contributed by atoms with Crippen molar-refractivity contribution < 1.29 is 0 Å². The molecule has 0 amide bonds. The van der Waals surface area contributed by atoms with Gasteiger partial charge in [0.05, 0.1) is 0 Å². The van der Waals surface area contributed by atoms with E-state index in [-0.39, 0.29) is 0 Å². The first-order valence-corrected chi connectivity index (χ1v) is 2.45. The molecule has 0 N–H and O–H groups in total. The van der Waals surface area contributed by atoms with Crippen LogP contribution in [0.2, 0.25) is 0 Å². The number of hydrogen-bond donors (Lipinski definition) is 0. The maximum atomic E-state index is 4.78. The molecule has 0 aliphatic carbocycles. The predicted octanol–water partition coefficient (Wildman–Crippen LogP) is 1.25. The largest absolute Gasteiger partial charge is 0.293 e. The maximum Gasteiger partial charge on any atom is 0.293 e. The molecule has 42 valence electrons. The van der Waals surface area contributed by atoms with Crippen molar-refractivity contribution in [3.63, 3.8) is 0 Å². The van der Waals surface area contributed by atoms with Gasteiger partial charge in [0.15, 0.2) is 5.82 Å². The molecule has 0 aliphatic heterocycles. The highest BCUT2D eigenvalue weighted by Gasteiger charge is 1.81. The molecule has 0 saturated heterocycles. The normalized spacial score (nSPS) is 10.2. The summed E-state index contributed by atoms with van der Waals surface area (Å²) in [5.74, 6) is 0.528. The van der Waals surface area contributed by atoms with Crippen LogP contribution in [0, 0.1) is 0 Å². The molecule has 0 fully saturated rings. The predicted molar refractivity (Wildman–Crippen MR) is 34.5 cm³/mol. The Labute approximate surface area is 54.3 Å². The number of rotatable bonds is 1. The number of aromatic nitrogens is 1. The van der Waals surface area contributed by atoms with Gasteiger partial charge >= 0.3 is 0 Å². The summed E-state index contributed by atoms with van der Waals surface area (Å²) < 4.78 is 0. The third-order valence-corrected chi connectivity index (χ3v) is 0.809. The van der Waals surface area contributed by atoms with Crippen LogP contribution in [-0.4, -0.2) is 13.0 Å². The van der Waals surface area contributed by atoms with Gasteiger partial charge < -0.3 is 0 Å². The molecule has 1 rings (SSSR count). The molecule has 0 bridgehead atoms. The van der Waals surface area contributed by atoms with Gasteiger partial charge in [-0.15, -0.1) is 0 Å². The van der Waals surface area contributed by atoms with E-state index in [1.807, 2.05) is 6.07 Å². The van der Waals surface area contributed by atoms with E-state index in [0.29, 0.717) is 5.82 Å². The molecule has 0 aliphatic rings. The van der Waals surface area contributed by atoms with Gasteiger partial charge in [-0.3, -0.25) is 5.03 Å². The van der Waals surface area contributed by atoms with Crippen LogP contribution in [0.4, 0.5) is 5.82 Å². The molecular formula is C5H4BN3. The van der Waals surface area contributed by atoms with Crippen molar-refractivity contribution in [3.05, 3.63) is 24.4 Å². The fourth-order valence-electron chi connectivity index (χ4n) is 0.472. The van der Waals surface area contributed by atoms with Crippen molar-refractivity contribution in [1.29, 1.82) is 0 Å². The third kappa shape index (κ3) is 1.64. The quantitative estimate of drug-likeness (QED) is 0.402. The average molecular weight is 117 g/mol. The van der Waals surface area contributed by atoms with E-state index >= 15 is 0 Å². The van der Waals surface area contributed by atoms with Crippen molar-refractivity contribution in [2.24, 2.45) is 10.1 Å². The molecule has 4 heteroatoms. The minimum atomic E-state index is 0.528. The lowest BCUT2D eigenvalue weighted by atomic mass is 10.5. The fourth-order valence-corrected chi connectivity index (χ4v) is 0.472. The summed E-state index contributed by atoms with van der Waals surface area (Å²) in [7, 11) is 4.78. The molecular weight excluding hydrogens is 113 g/mol. The molecule has 1 aromatic rings. The van der Waals surface area contributed by atoms with Gasteiger partial charge in [-0.05, 0) is 12.1 Å². The van der Waals surface area contributed by atoms with Crippen molar-refractivity contribution in [3.8, 4) is 0 Å². The monoisotopic (exact) mass is 117 g/mol. The van der Waals surface area contributed by atoms with Crippen LogP contribution in [0.3, 0.4) is 0 Å². The van der Waals surface area contributed by atoms with Crippen LogP contribution in [-0.2, 0) is 0 Å². The lowest BCUT2D eigenvalue weighted by Gasteiger charge is -1.84. The summed E-state index contributed by atoms with van der Waals surface area (Å²) >= 11 is 0. The highest BCUT2D eigenvalue weighted by atomic mass is 15.1. The highest BCUT2D eigenvalue weighted by Crippen LogP contribution is 2.03. The molecule has 1 heterocycles. The van der Waals surface area contributed by atoms with Crippen LogP contribution in [0.15, 0.2) is 34.5 Å². The van der Waals surface area contributed by atoms with E-state index in [1.54, 1.807) is 18.3 Å². The van der Waals surface area contributed by atoms with Gasteiger partial charge in [0.25, 0.3) is 7.98 Å². The lowest BCUT2D eigenvalue weighted by Crippen LogP contribution is -1.67. The number of hydrogen-bond acceptors (Lipinski definition) is 3. The van der Waals surface area contributed by atoms with Gasteiger partial charge in [0.2, 0.25) is 0 Å². The minimum Gasteiger partial charge on any atom is -0.267 e. The first kappa shape index (κ1) is 5.94. The zero-order chi connectivity index (χ0) is 6.53. The molecule has 0 unspecified atom stereocenters. The Hall–Kier alpha value is -1.19. The van der Waals surface area contributed by atoms with E-state index < -0.39 is 0 Å². The van der Waals surface area contributed by atoms with Gasteiger partial charge in [0, 0.05) is 6.20 Å². The second-order valence-electron chi connectivity index (χ2n) is 1.40. The fraction of sp³-hybridized carbons (Fsp3) is 0. The number of nitrogens with zero attached hydrogens (tertiary/aromatic N) is 3. The SMILES string of the molecule is [B]/N=N/c1ccccn1. The van der Waals surface area contributed by atoms with Crippen LogP contribution in [0.1, 0.15) is 0 Å². The molecule has 3 nitrogen and oxygen atoms in total. The maximum absolute atomic E-state index is 4.78. The zero-order valence-electron chi connectivity index (χ0n) is 4.73. The van der Waals surface area contributed by atoms with Crippen molar-refractivity contribution in [2.75, 3.05) is 0 Å². The minimum absolute atomic E-state index is 0.528. The third-order valence-electron chi connectivity index (χ3n) is 0.809. The molecule has 0 aromatic carbocycles. The Bertz CT molecular complexity index is 197. The molecule has 0 saturated carbocycles. The van der Waals surface area contributed by atoms with E-state index in [9.17, 15) is 0 Å². The molecule has 2 radical (unpaired) electrons. The first-order valence-electron chi connectivity index (χ1n) is 2.45. The van der Waals surface area contributed by atoms with Crippen molar-refractivity contribution in [2.45, 2.75) is 0 Å².